The molecule has 6 nitrogen and oxygen atoms in total. The fourth-order valence-electron chi connectivity index (χ4n) is 4.63. The number of carbonyl (C=O) groups excluding carboxylic acids is 1. The third kappa shape index (κ3) is 21.6. The number of aliphatic hydroxyl groups excluding tert-OH is 2. The van der Waals surface area contributed by atoms with E-state index >= 15 is 0 Å². The molecule has 0 heterocycles. The maximum Gasteiger partial charge on any atom is 0.119 e. The molecular weight excluding hydrogens is 418 g/mol. The van der Waals surface area contributed by atoms with Gasteiger partial charge in [0.15, 0.2) is 0 Å². The van der Waals surface area contributed by atoms with E-state index in [-0.39, 0.29) is 24.2 Å². The molecule has 0 saturated carbocycles. The lowest BCUT2D eigenvalue weighted by atomic mass is 10.0. The number of hydrogen-bond donors (Lipinski definition) is 2. The highest BCUT2D eigenvalue weighted by Crippen LogP contribution is 2.14. The van der Waals surface area contributed by atoms with E-state index in [4.69, 9.17) is 4.74 Å². The summed E-state index contributed by atoms with van der Waals surface area (Å²) in [6.07, 6.45) is 22.4. The Labute approximate surface area is 204 Å². The summed E-state index contributed by atoms with van der Waals surface area (Å²) in [4.78, 5) is 11.1. The lowest BCUT2D eigenvalue weighted by molar-refractivity contribution is -0.923. The molecule has 0 fully saturated rings. The summed E-state index contributed by atoms with van der Waals surface area (Å²) in [5.41, 5.74) is 0. The van der Waals surface area contributed by atoms with Crippen LogP contribution in [0.5, 0.6) is 0 Å². The van der Waals surface area contributed by atoms with Crippen molar-refractivity contribution in [1.29, 1.82) is 0 Å². The summed E-state index contributed by atoms with van der Waals surface area (Å²) in [6, 6.07) is 0. The van der Waals surface area contributed by atoms with Crippen molar-refractivity contribution in [3.63, 3.8) is 0 Å². The number of aliphatic hydroxyl groups is 2. The topological polar surface area (TPSA) is 89.8 Å². The zero-order chi connectivity index (χ0) is 24.5. The van der Waals surface area contributed by atoms with Crippen molar-refractivity contribution < 1.29 is 29.3 Å². The van der Waals surface area contributed by atoms with Gasteiger partial charge < -0.3 is 29.3 Å². The van der Waals surface area contributed by atoms with Gasteiger partial charge >= 0.3 is 0 Å². The number of hydrogen-bond acceptors (Lipinski definition) is 5. The predicted octanol–water partition coefficient (Wildman–Crippen LogP) is 4.21. The number of nitrogens with zero attached hydrogens (tertiary/aromatic N) is 1. The summed E-state index contributed by atoms with van der Waals surface area (Å²) in [5.74, 6) is -1.15. The molecule has 0 aromatic carbocycles. The first-order chi connectivity index (χ1) is 16.1. The normalized spacial score (nSPS) is 11.8. The van der Waals surface area contributed by atoms with E-state index in [9.17, 15) is 20.1 Å². The van der Waals surface area contributed by atoms with Crippen LogP contribution >= 0.6 is 0 Å². The Balaban J connectivity index is 3.46. The van der Waals surface area contributed by atoms with Crippen LogP contribution in [0.15, 0.2) is 0 Å². The first-order valence-corrected chi connectivity index (χ1v) is 13.9. The molecule has 0 spiro atoms. The van der Waals surface area contributed by atoms with Gasteiger partial charge in [-0.15, -0.1) is 0 Å². The molecule has 33 heavy (non-hydrogen) atoms. The van der Waals surface area contributed by atoms with Crippen LogP contribution in [-0.2, 0) is 9.53 Å². The van der Waals surface area contributed by atoms with Crippen molar-refractivity contribution >= 4 is 5.97 Å². The van der Waals surface area contributed by atoms with Crippen LogP contribution in [0.2, 0.25) is 0 Å². The highest BCUT2D eigenvalue weighted by molar-refractivity contribution is 5.65. The number of ether oxygens (including phenoxy) is 1. The number of rotatable bonds is 27. The monoisotopic (exact) mass is 473 g/mol. The van der Waals surface area contributed by atoms with E-state index in [0.29, 0.717) is 32.7 Å². The highest BCUT2D eigenvalue weighted by atomic mass is 16.5. The van der Waals surface area contributed by atoms with Crippen molar-refractivity contribution in [1.82, 2.24) is 0 Å². The van der Waals surface area contributed by atoms with Gasteiger partial charge in [0.05, 0.1) is 32.3 Å². The zero-order valence-corrected chi connectivity index (χ0v) is 21.7. The molecule has 0 aliphatic heterocycles. The number of quaternary nitrogens is 1. The fraction of sp³-hybridized carbons (Fsp3) is 0.963. The summed E-state index contributed by atoms with van der Waals surface area (Å²) < 4.78 is 5.86. The molecule has 0 bridgehead atoms. The van der Waals surface area contributed by atoms with Crippen LogP contribution in [0.25, 0.3) is 0 Å². The standard InChI is InChI=1S/C27H55NO5/c1-2-3-4-5-6-7-8-9-10-11-12-13-14-15-16-17-24-33-25-18-19-28(20-22-29,21-23-30)26-27(31)32/h29-30H,2-26H2,1H3. The first kappa shape index (κ1) is 32.3. The summed E-state index contributed by atoms with van der Waals surface area (Å²) in [6.45, 7) is 4.41. The van der Waals surface area contributed by atoms with Crippen molar-refractivity contribution in [2.45, 2.75) is 116 Å². The smallest absolute Gasteiger partial charge is 0.119 e. The molecule has 0 amide bonds. The number of carbonyl (C=O) groups is 1. The molecule has 0 radical (unpaired) electrons. The Hall–Kier alpha value is -0.690. The van der Waals surface area contributed by atoms with Crippen LogP contribution in [0.1, 0.15) is 116 Å². The van der Waals surface area contributed by atoms with Crippen molar-refractivity contribution in [3.05, 3.63) is 0 Å². The molecular formula is C27H55NO5. The fourth-order valence-corrected chi connectivity index (χ4v) is 4.63. The van der Waals surface area contributed by atoms with Gasteiger partial charge in [-0.1, -0.05) is 103 Å². The second-order valence-electron chi connectivity index (χ2n) is 9.76. The zero-order valence-electron chi connectivity index (χ0n) is 21.7. The second-order valence-corrected chi connectivity index (χ2v) is 9.76. The average molecular weight is 474 g/mol. The van der Waals surface area contributed by atoms with Crippen LogP contribution in [0.4, 0.5) is 0 Å². The van der Waals surface area contributed by atoms with E-state index < -0.39 is 5.97 Å². The van der Waals surface area contributed by atoms with E-state index in [1.165, 1.54) is 96.3 Å². The lowest BCUT2D eigenvalue weighted by Gasteiger charge is -2.38. The third-order valence-corrected chi connectivity index (χ3v) is 6.68. The summed E-state index contributed by atoms with van der Waals surface area (Å²) >= 11 is 0. The van der Waals surface area contributed by atoms with Crippen LogP contribution in [-0.4, -0.2) is 73.3 Å². The Morgan fingerprint density at radius 1 is 0.636 bits per heavy atom. The van der Waals surface area contributed by atoms with Gasteiger partial charge in [0, 0.05) is 13.0 Å². The predicted molar refractivity (Wildman–Crippen MR) is 134 cm³/mol. The minimum absolute atomic E-state index is 0.104. The Morgan fingerprint density at radius 2 is 1.03 bits per heavy atom. The van der Waals surface area contributed by atoms with E-state index in [1.54, 1.807) is 0 Å². The number of unbranched alkanes of at least 4 members (excludes halogenated alkanes) is 15. The summed E-state index contributed by atoms with van der Waals surface area (Å²) in [7, 11) is 0. The molecule has 0 rings (SSSR count). The Kier molecular flexibility index (Phi) is 23.9. The van der Waals surface area contributed by atoms with Crippen molar-refractivity contribution in [2.24, 2.45) is 0 Å². The molecule has 198 valence electrons. The minimum Gasteiger partial charge on any atom is -0.544 e. The lowest BCUT2D eigenvalue weighted by Crippen LogP contribution is -2.57. The summed E-state index contributed by atoms with van der Waals surface area (Å²) in [5, 5.41) is 29.6. The van der Waals surface area contributed by atoms with Gasteiger partial charge in [0.2, 0.25) is 0 Å². The van der Waals surface area contributed by atoms with Gasteiger partial charge in [-0.2, -0.15) is 0 Å². The third-order valence-electron chi connectivity index (χ3n) is 6.68. The SMILES string of the molecule is CCCCCCCCCCCCCCCCCCOCCC[N+](CCO)(CCO)CC(=O)[O-]. The molecule has 0 aliphatic rings. The van der Waals surface area contributed by atoms with Gasteiger partial charge in [0.25, 0.3) is 0 Å². The second kappa shape index (κ2) is 24.4. The van der Waals surface area contributed by atoms with Gasteiger partial charge in [-0.25, -0.2) is 0 Å². The van der Waals surface area contributed by atoms with Crippen LogP contribution in [0, 0.1) is 0 Å². The van der Waals surface area contributed by atoms with Crippen molar-refractivity contribution in [2.75, 3.05) is 52.6 Å². The molecule has 6 heteroatoms. The molecule has 2 N–H and O–H groups in total. The van der Waals surface area contributed by atoms with Gasteiger partial charge in [-0.05, 0) is 6.42 Å². The molecule has 0 aromatic rings. The van der Waals surface area contributed by atoms with Crippen LogP contribution < -0.4 is 5.11 Å². The van der Waals surface area contributed by atoms with Gasteiger partial charge in [-0.3, -0.25) is 0 Å². The average Bonchev–Trinajstić information content (AvgIpc) is 2.77. The molecule has 0 unspecified atom stereocenters. The number of aliphatic carboxylic acids is 1. The number of carboxylic acids is 1. The van der Waals surface area contributed by atoms with E-state index in [0.717, 1.165) is 13.0 Å². The highest BCUT2D eigenvalue weighted by Gasteiger charge is 2.26. The molecule has 0 saturated heterocycles. The van der Waals surface area contributed by atoms with Crippen molar-refractivity contribution in [3.8, 4) is 0 Å². The first-order valence-electron chi connectivity index (χ1n) is 13.9. The maximum absolute atomic E-state index is 11.1. The minimum atomic E-state index is -1.15. The quantitative estimate of drug-likeness (QED) is 0.138. The van der Waals surface area contributed by atoms with Crippen LogP contribution in [0.3, 0.4) is 0 Å². The largest absolute Gasteiger partial charge is 0.544 e. The molecule has 0 aliphatic carbocycles. The van der Waals surface area contributed by atoms with E-state index in [1.807, 2.05) is 0 Å². The number of carboxylic acid groups (broad SMARTS) is 1. The van der Waals surface area contributed by atoms with Gasteiger partial charge in [0.1, 0.15) is 19.6 Å². The molecule has 0 aromatic heterocycles. The van der Waals surface area contributed by atoms with E-state index in [2.05, 4.69) is 6.92 Å². The Bertz CT molecular complexity index is 413. The maximum atomic E-state index is 11.1. The molecule has 0 atom stereocenters. The Morgan fingerprint density at radius 3 is 1.42 bits per heavy atom.